The molecule has 124 valence electrons. The molecule has 0 atom stereocenters. The van der Waals surface area contributed by atoms with Gasteiger partial charge in [0, 0.05) is 28.6 Å². The number of thiazole rings is 1. The van der Waals surface area contributed by atoms with Crippen molar-refractivity contribution in [1.82, 2.24) is 15.6 Å². The molecule has 0 fully saturated rings. The van der Waals surface area contributed by atoms with E-state index in [0.29, 0.717) is 6.54 Å². The van der Waals surface area contributed by atoms with E-state index >= 15 is 0 Å². The summed E-state index contributed by atoms with van der Waals surface area (Å²) >= 11 is 3.57. The van der Waals surface area contributed by atoms with Gasteiger partial charge in [0.1, 0.15) is 5.01 Å². The maximum atomic E-state index is 4.62. The van der Waals surface area contributed by atoms with Crippen molar-refractivity contribution in [2.75, 3.05) is 18.8 Å². The molecule has 2 aromatic rings. The number of nitrogens with one attached hydrogen (secondary N) is 2. The smallest absolute Gasteiger partial charge is 0.191 e. The van der Waals surface area contributed by atoms with Crippen molar-refractivity contribution in [3.63, 3.8) is 0 Å². The first-order valence-corrected chi connectivity index (χ1v) is 9.62. The molecule has 6 heteroatoms. The summed E-state index contributed by atoms with van der Waals surface area (Å²) in [5, 5.41) is 7.72. The van der Waals surface area contributed by atoms with Crippen LogP contribution in [-0.4, -0.2) is 29.8 Å². The highest BCUT2D eigenvalue weighted by Gasteiger charge is 2.03. The Bertz CT molecular complexity index is 603. The molecule has 1 aromatic heterocycles. The van der Waals surface area contributed by atoms with Gasteiger partial charge >= 0.3 is 0 Å². The van der Waals surface area contributed by atoms with E-state index in [1.165, 1.54) is 9.77 Å². The number of benzene rings is 1. The van der Waals surface area contributed by atoms with Crippen molar-refractivity contribution in [2.45, 2.75) is 32.2 Å². The third-order valence-electron chi connectivity index (χ3n) is 3.20. The Morgan fingerprint density at radius 2 is 2.00 bits per heavy atom. The molecule has 0 saturated heterocycles. The van der Waals surface area contributed by atoms with Crippen molar-refractivity contribution in [3.8, 4) is 0 Å². The number of aromatic nitrogens is 1. The highest BCUT2D eigenvalue weighted by atomic mass is 32.2. The zero-order valence-electron chi connectivity index (χ0n) is 13.9. The van der Waals surface area contributed by atoms with Crippen molar-refractivity contribution in [3.05, 3.63) is 45.9 Å². The first kappa shape index (κ1) is 17.8. The summed E-state index contributed by atoms with van der Waals surface area (Å²) in [5.74, 6) is 1.86. The van der Waals surface area contributed by atoms with Crippen molar-refractivity contribution >= 4 is 29.1 Å². The molecule has 0 radical (unpaired) electrons. The van der Waals surface area contributed by atoms with Crippen LogP contribution in [-0.2, 0) is 6.54 Å². The Kier molecular flexibility index (Phi) is 7.42. The second-order valence-electron chi connectivity index (χ2n) is 5.03. The maximum absolute atomic E-state index is 4.62. The zero-order valence-corrected chi connectivity index (χ0v) is 15.6. The second-order valence-corrected chi connectivity index (χ2v) is 7.49. The maximum Gasteiger partial charge on any atom is 0.191 e. The number of guanidine groups is 1. The Morgan fingerprint density at radius 1 is 1.22 bits per heavy atom. The highest BCUT2D eigenvalue weighted by molar-refractivity contribution is 7.99. The van der Waals surface area contributed by atoms with Gasteiger partial charge in [0.2, 0.25) is 0 Å². The Balaban J connectivity index is 1.79. The van der Waals surface area contributed by atoms with Gasteiger partial charge in [0.15, 0.2) is 5.96 Å². The molecule has 4 nitrogen and oxygen atoms in total. The average molecular weight is 349 g/mol. The molecule has 0 spiro atoms. The van der Waals surface area contributed by atoms with Crippen LogP contribution >= 0.6 is 23.1 Å². The standard InChI is InChI=1S/C17H24N4S2/c1-4-18-17(20-12-16-21-13(2)14(3)23-16)19-10-11-22-15-8-6-5-7-9-15/h5-9H,4,10-12H2,1-3H3,(H2,18,19,20). The van der Waals surface area contributed by atoms with Crippen LogP contribution in [0, 0.1) is 13.8 Å². The third kappa shape index (κ3) is 6.23. The summed E-state index contributed by atoms with van der Waals surface area (Å²) in [5.41, 5.74) is 1.11. The fraction of sp³-hybridized carbons (Fsp3) is 0.412. The van der Waals surface area contributed by atoms with Crippen molar-refractivity contribution < 1.29 is 0 Å². The molecular weight excluding hydrogens is 324 g/mol. The van der Waals surface area contributed by atoms with Crippen LogP contribution in [0.4, 0.5) is 0 Å². The number of hydrogen-bond acceptors (Lipinski definition) is 4. The van der Waals surface area contributed by atoms with E-state index in [0.717, 1.165) is 35.5 Å². The first-order valence-electron chi connectivity index (χ1n) is 7.82. The number of thioether (sulfide) groups is 1. The predicted octanol–water partition coefficient (Wildman–Crippen LogP) is 3.61. The van der Waals surface area contributed by atoms with Gasteiger partial charge in [-0.15, -0.1) is 23.1 Å². The van der Waals surface area contributed by atoms with Gasteiger partial charge in [-0.05, 0) is 32.9 Å². The normalized spacial score (nSPS) is 11.5. The van der Waals surface area contributed by atoms with Crippen LogP contribution < -0.4 is 10.6 Å². The zero-order chi connectivity index (χ0) is 16.5. The van der Waals surface area contributed by atoms with E-state index in [-0.39, 0.29) is 0 Å². The Hall–Kier alpha value is -1.53. The lowest BCUT2D eigenvalue weighted by molar-refractivity contribution is 0.840. The van der Waals surface area contributed by atoms with Crippen LogP contribution in [0.5, 0.6) is 0 Å². The summed E-state index contributed by atoms with van der Waals surface area (Å²) in [6, 6.07) is 10.5. The lowest BCUT2D eigenvalue weighted by Crippen LogP contribution is -2.38. The van der Waals surface area contributed by atoms with Gasteiger partial charge in [-0.2, -0.15) is 0 Å². The fourth-order valence-electron chi connectivity index (χ4n) is 1.95. The van der Waals surface area contributed by atoms with Crippen LogP contribution in [0.1, 0.15) is 22.5 Å². The van der Waals surface area contributed by atoms with Crippen LogP contribution in [0.2, 0.25) is 0 Å². The highest BCUT2D eigenvalue weighted by Crippen LogP contribution is 2.17. The van der Waals surface area contributed by atoms with E-state index in [9.17, 15) is 0 Å². The molecule has 0 amide bonds. The molecular formula is C17H24N4S2. The molecule has 2 rings (SSSR count). The SMILES string of the molecule is CCNC(=NCc1nc(C)c(C)s1)NCCSc1ccccc1. The molecule has 1 aromatic carbocycles. The first-order chi connectivity index (χ1) is 11.2. The van der Waals surface area contributed by atoms with Crippen molar-refractivity contribution in [1.29, 1.82) is 0 Å². The van der Waals surface area contributed by atoms with Gasteiger partial charge in [0.25, 0.3) is 0 Å². The molecule has 0 aliphatic heterocycles. The molecule has 23 heavy (non-hydrogen) atoms. The van der Waals surface area contributed by atoms with E-state index in [1.54, 1.807) is 11.3 Å². The number of hydrogen-bond donors (Lipinski definition) is 2. The van der Waals surface area contributed by atoms with Crippen LogP contribution in [0.25, 0.3) is 0 Å². The van der Waals surface area contributed by atoms with Crippen LogP contribution in [0.3, 0.4) is 0 Å². The predicted molar refractivity (Wildman–Crippen MR) is 102 cm³/mol. The molecule has 0 aliphatic carbocycles. The summed E-state index contributed by atoms with van der Waals surface area (Å²) in [7, 11) is 0. The van der Waals surface area contributed by atoms with E-state index in [1.807, 2.05) is 24.8 Å². The average Bonchev–Trinajstić information content (AvgIpc) is 2.88. The Labute approximate surface area is 146 Å². The molecule has 0 saturated carbocycles. The van der Waals surface area contributed by atoms with Crippen molar-refractivity contribution in [2.24, 2.45) is 4.99 Å². The monoisotopic (exact) mass is 348 g/mol. The third-order valence-corrected chi connectivity index (χ3v) is 5.27. The molecule has 1 heterocycles. The number of rotatable bonds is 7. The summed E-state index contributed by atoms with van der Waals surface area (Å²) in [6.07, 6.45) is 0. The molecule has 0 aliphatic rings. The fourth-order valence-corrected chi connectivity index (χ4v) is 3.60. The molecule has 0 bridgehead atoms. The minimum atomic E-state index is 0.626. The van der Waals surface area contributed by atoms with Crippen LogP contribution in [0.15, 0.2) is 40.2 Å². The minimum absolute atomic E-state index is 0.626. The van der Waals surface area contributed by atoms with Gasteiger partial charge in [-0.1, -0.05) is 18.2 Å². The van der Waals surface area contributed by atoms with Gasteiger partial charge in [0.05, 0.1) is 12.2 Å². The van der Waals surface area contributed by atoms with E-state index < -0.39 is 0 Å². The van der Waals surface area contributed by atoms with Gasteiger partial charge < -0.3 is 10.6 Å². The number of aliphatic imine (C=N–C) groups is 1. The van der Waals surface area contributed by atoms with E-state index in [4.69, 9.17) is 0 Å². The lowest BCUT2D eigenvalue weighted by Gasteiger charge is -2.10. The minimum Gasteiger partial charge on any atom is -0.357 e. The number of aryl methyl sites for hydroxylation is 2. The van der Waals surface area contributed by atoms with E-state index in [2.05, 4.69) is 58.7 Å². The molecule has 2 N–H and O–H groups in total. The topological polar surface area (TPSA) is 49.3 Å². The lowest BCUT2D eigenvalue weighted by atomic mass is 10.4. The summed E-state index contributed by atoms with van der Waals surface area (Å²) in [6.45, 7) is 8.58. The number of nitrogens with zero attached hydrogens (tertiary/aromatic N) is 2. The summed E-state index contributed by atoms with van der Waals surface area (Å²) < 4.78 is 0. The molecule has 0 unspecified atom stereocenters. The largest absolute Gasteiger partial charge is 0.357 e. The van der Waals surface area contributed by atoms with Gasteiger partial charge in [-0.3, -0.25) is 0 Å². The quantitative estimate of drug-likeness (QED) is 0.347. The summed E-state index contributed by atoms with van der Waals surface area (Å²) in [4.78, 5) is 11.7. The second kappa shape index (κ2) is 9.57. The van der Waals surface area contributed by atoms with Gasteiger partial charge in [-0.25, -0.2) is 9.98 Å². The Morgan fingerprint density at radius 3 is 2.65 bits per heavy atom.